The zero-order chi connectivity index (χ0) is 16.4. The van der Waals surface area contributed by atoms with Gasteiger partial charge in [0.05, 0.1) is 17.3 Å². The van der Waals surface area contributed by atoms with E-state index in [0.29, 0.717) is 18.7 Å². The Morgan fingerprint density at radius 3 is 2.65 bits per heavy atom. The molecule has 1 atom stereocenters. The summed E-state index contributed by atoms with van der Waals surface area (Å²) in [5, 5.41) is 9.28. The molecule has 6 nitrogen and oxygen atoms in total. The van der Waals surface area contributed by atoms with Crippen molar-refractivity contribution < 1.29 is 14.7 Å². The van der Waals surface area contributed by atoms with Gasteiger partial charge in [0.2, 0.25) is 5.91 Å². The second kappa shape index (κ2) is 6.18. The van der Waals surface area contributed by atoms with Crippen LogP contribution in [-0.2, 0) is 24.3 Å². The third kappa shape index (κ3) is 3.07. The van der Waals surface area contributed by atoms with E-state index in [9.17, 15) is 14.7 Å². The number of amides is 1. The van der Waals surface area contributed by atoms with Gasteiger partial charge in [-0.3, -0.25) is 14.7 Å². The van der Waals surface area contributed by atoms with Crippen molar-refractivity contribution in [3.63, 3.8) is 0 Å². The second-order valence-corrected chi connectivity index (χ2v) is 5.60. The van der Waals surface area contributed by atoms with Gasteiger partial charge in [-0.05, 0) is 29.7 Å². The third-order valence-corrected chi connectivity index (χ3v) is 4.15. The maximum absolute atomic E-state index is 11.8. The lowest BCUT2D eigenvalue weighted by molar-refractivity contribution is -0.124. The average molecular weight is 311 g/mol. The molecule has 0 spiro atoms. The van der Waals surface area contributed by atoms with Crippen molar-refractivity contribution in [3.8, 4) is 0 Å². The van der Waals surface area contributed by atoms with Gasteiger partial charge in [0.25, 0.3) is 0 Å². The van der Waals surface area contributed by atoms with Gasteiger partial charge in [0, 0.05) is 19.3 Å². The normalized spacial score (nSPS) is 17.5. The van der Waals surface area contributed by atoms with Crippen LogP contribution in [0.25, 0.3) is 0 Å². The molecule has 2 aromatic rings. The van der Waals surface area contributed by atoms with E-state index in [1.165, 1.54) is 6.07 Å². The molecule has 0 fully saturated rings. The van der Waals surface area contributed by atoms with Gasteiger partial charge in [-0.1, -0.05) is 24.3 Å². The van der Waals surface area contributed by atoms with Gasteiger partial charge in [0.15, 0.2) is 0 Å². The van der Waals surface area contributed by atoms with Crippen molar-refractivity contribution >= 4 is 11.9 Å². The highest BCUT2D eigenvalue weighted by Crippen LogP contribution is 2.25. The number of aromatic nitrogens is 1. The van der Waals surface area contributed by atoms with E-state index in [0.717, 1.165) is 11.1 Å². The first-order valence-corrected chi connectivity index (χ1v) is 7.33. The second-order valence-electron chi connectivity index (χ2n) is 5.60. The van der Waals surface area contributed by atoms with E-state index in [4.69, 9.17) is 5.73 Å². The molecule has 0 bridgehead atoms. The number of primary amides is 1. The smallest absolute Gasteiger partial charge is 0.337 e. The summed E-state index contributed by atoms with van der Waals surface area (Å²) in [6.07, 6.45) is 2.08. The molecule has 0 unspecified atom stereocenters. The molecule has 23 heavy (non-hydrogen) atoms. The number of rotatable bonds is 4. The summed E-state index contributed by atoms with van der Waals surface area (Å²) in [6.45, 7) is 0.809. The number of fused-ring (bicyclic) bond motifs is 1. The molecule has 3 N–H and O–H groups in total. The summed E-state index contributed by atoms with van der Waals surface area (Å²) >= 11 is 0. The van der Waals surface area contributed by atoms with Gasteiger partial charge in [-0.15, -0.1) is 0 Å². The van der Waals surface area contributed by atoms with Crippen molar-refractivity contribution in [2.24, 2.45) is 5.73 Å². The molecule has 1 aliphatic heterocycles. The summed E-state index contributed by atoms with van der Waals surface area (Å²) in [4.78, 5) is 29.2. The highest BCUT2D eigenvalue weighted by atomic mass is 16.4. The fraction of sp³-hybridized carbons (Fsp3) is 0.235. The number of aromatic carboxylic acids is 1. The predicted octanol–water partition coefficient (Wildman–Crippen LogP) is 1.19. The molecule has 1 aromatic heterocycles. The number of nitrogens with two attached hydrogens (primary N) is 1. The topological polar surface area (TPSA) is 96.5 Å². The van der Waals surface area contributed by atoms with Crippen molar-refractivity contribution in [3.05, 3.63) is 65.0 Å². The molecule has 0 radical (unpaired) electrons. The standard InChI is InChI=1S/C17H17N3O3/c18-16(21)15-8-11-4-1-2-5-12(11)9-20(15)10-14-13(17(22)23)6-3-7-19-14/h1-7,15H,8-10H2,(H2,18,21)(H,22,23)/t15-/m1/s1. The minimum absolute atomic E-state index is 0.148. The van der Waals surface area contributed by atoms with Crippen molar-refractivity contribution in [1.29, 1.82) is 0 Å². The van der Waals surface area contributed by atoms with E-state index in [-0.39, 0.29) is 12.1 Å². The first-order chi connectivity index (χ1) is 11.1. The fourth-order valence-corrected chi connectivity index (χ4v) is 2.97. The Bertz CT molecular complexity index is 760. The zero-order valence-electron chi connectivity index (χ0n) is 12.5. The van der Waals surface area contributed by atoms with E-state index in [2.05, 4.69) is 4.98 Å². The molecule has 3 rings (SSSR count). The average Bonchev–Trinajstić information content (AvgIpc) is 2.54. The Morgan fingerprint density at radius 2 is 1.96 bits per heavy atom. The Balaban J connectivity index is 1.92. The van der Waals surface area contributed by atoms with Crippen LogP contribution >= 0.6 is 0 Å². The number of benzene rings is 1. The quantitative estimate of drug-likeness (QED) is 0.884. The number of nitrogens with zero attached hydrogens (tertiary/aromatic N) is 2. The van der Waals surface area contributed by atoms with Gasteiger partial charge in [0.1, 0.15) is 0 Å². The number of hydrogen-bond donors (Lipinski definition) is 2. The number of carbonyl (C=O) groups is 2. The number of carboxylic acids is 1. The summed E-state index contributed by atoms with van der Waals surface area (Å²) in [5.74, 6) is -1.44. The van der Waals surface area contributed by atoms with E-state index in [1.54, 1.807) is 12.3 Å². The highest BCUT2D eigenvalue weighted by Gasteiger charge is 2.31. The molecule has 1 aliphatic rings. The van der Waals surface area contributed by atoms with Crippen LogP contribution in [0.4, 0.5) is 0 Å². The summed E-state index contributed by atoms with van der Waals surface area (Å²) in [5.41, 5.74) is 8.36. The van der Waals surface area contributed by atoms with Crippen LogP contribution in [0.1, 0.15) is 27.2 Å². The van der Waals surface area contributed by atoms with Gasteiger partial charge in [-0.25, -0.2) is 4.79 Å². The molecule has 1 amide bonds. The Hall–Kier alpha value is -2.73. The van der Waals surface area contributed by atoms with E-state index >= 15 is 0 Å². The van der Waals surface area contributed by atoms with Crippen LogP contribution < -0.4 is 5.73 Å². The first-order valence-electron chi connectivity index (χ1n) is 7.33. The largest absolute Gasteiger partial charge is 0.478 e. The van der Waals surface area contributed by atoms with Gasteiger partial charge >= 0.3 is 5.97 Å². The zero-order valence-corrected chi connectivity index (χ0v) is 12.5. The van der Waals surface area contributed by atoms with Crippen LogP contribution in [-0.4, -0.2) is 32.9 Å². The lowest BCUT2D eigenvalue weighted by Gasteiger charge is -2.35. The first kappa shape index (κ1) is 15.2. The summed E-state index contributed by atoms with van der Waals surface area (Å²) in [7, 11) is 0. The minimum Gasteiger partial charge on any atom is -0.478 e. The number of carbonyl (C=O) groups excluding carboxylic acids is 1. The van der Waals surface area contributed by atoms with E-state index in [1.807, 2.05) is 29.2 Å². The number of pyridine rings is 1. The molecule has 6 heteroatoms. The monoisotopic (exact) mass is 311 g/mol. The number of hydrogen-bond acceptors (Lipinski definition) is 4. The lowest BCUT2D eigenvalue weighted by Crippen LogP contribution is -2.48. The molecule has 0 saturated carbocycles. The maximum Gasteiger partial charge on any atom is 0.337 e. The molecule has 2 heterocycles. The summed E-state index contributed by atoms with van der Waals surface area (Å²) in [6, 6.07) is 10.5. The van der Waals surface area contributed by atoms with Crippen molar-refractivity contribution in [1.82, 2.24) is 9.88 Å². The Kier molecular flexibility index (Phi) is 4.08. The maximum atomic E-state index is 11.8. The van der Waals surface area contributed by atoms with Crippen molar-refractivity contribution in [2.75, 3.05) is 0 Å². The lowest BCUT2D eigenvalue weighted by atomic mass is 9.93. The SMILES string of the molecule is NC(=O)[C@H]1Cc2ccccc2CN1Cc1ncccc1C(=O)O. The molecular weight excluding hydrogens is 294 g/mol. The third-order valence-electron chi connectivity index (χ3n) is 4.15. The highest BCUT2D eigenvalue weighted by molar-refractivity contribution is 5.88. The number of carboxylic acid groups (broad SMARTS) is 1. The van der Waals surface area contributed by atoms with Gasteiger partial charge in [-0.2, -0.15) is 0 Å². The molecule has 1 aromatic carbocycles. The van der Waals surface area contributed by atoms with E-state index < -0.39 is 17.9 Å². The van der Waals surface area contributed by atoms with Crippen LogP contribution in [0.3, 0.4) is 0 Å². The van der Waals surface area contributed by atoms with Crippen LogP contribution in [0, 0.1) is 0 Å². The van der Waals surface area contributed by atoms with Crippen LogP contribution in [0.5, 0.6) is 0 Å². The van der Waals surface area contributed by atoms with Gasteiger partial charge < -0.3 is 10.8 Å². The molecule has 0 saturated heterocycles. The van der Waals surface area contributed by atoms with Crippen LogP contribution in [0.15, 0.2) is 42.6 Å². The molecule has 0 aliphatic carbocycles. The van der Waals surface area contributed by atoms with Crippen molar-refractivity contribution in [2.45, 2.75) is 25.6 Å². The molecular formula is C17H17N3O3. The minimum atomic E-state index is -1.03. The Labute approximate surface area is 133 Å². The van der Waals surface area contributed by atoms with Crippen LogP contribution in [0.2, 0.25) is 0 Å². The summed E-state index contributed by atoms with van der Waals surface area (Å²) < 4.78 is 0. The Morgan fingerprint density at radius 1 is 1.22 bits per heavy atom. The molecule has 118 valence electrons. The predicted molar refractivity (Wildman–Crippen MR) is 83.6 cm³/mol. The fourth-order valence-electron chi connectivity index (χ4n) is 2.97.